The first-order chi connectivity index (χ1) is 12.1. The first-order valence-corrected chi connectivity index (χ1v) is 8.55. The minimum absolute atomic E-state index is 0.0958. The van der Waals surface area contributed by atoms with Gasteiger partial charge in [-0.15, -0.1) is 18.2 Å². The average molecular weight is 358 g/mol. The predicted octanol–water partition coefficient (Wildman–Crippen LogP) is 4.79. The van der Waals surface area contributed by atoms with Crippen molar-refractivity contribution in [1.29, 1.82) is 0 Å². The van der Waals surface area contributed by atoms with Crippen LogP contribution in [0.2, 0.25) is 0 Å². The predicted molar refractivity (Wildman–Crippen MR) is 96.7 cm³/mol. The number of halogens is 1. The number of carbonyl (C=O) groups is 1. The molecule has 2 heterocycles. The molecule has 0 spiro atoms. The van der Waals surface area contributed by atoms with Crippen molar-refractivity contribution in [3.8, 4) is 0 Å². The number of nitrogens with zero attached hydrogens (tertiary/aromatic N) is 1. The van der Waals surface area contributed by atoms with Gasteiger partial charge in [-0.1, -0.05) is 36.4 Å². The van der Waals surface area contributed by atoms with E-state index in [0.29, 0.717) is 30.1 Å². The van der Waals surface area contributed by atoms with Crippen molar-refractivity contribution < 1.29 is 13.9 Å². The molecule has 2 aromatic rings. The van der Waals surface area contributed by atoms with Crippen molar-refractivity contribution in [2.45, 2.75) is 31.5 Å². The Kier molecular flexibility index (Phi) is 5.29. The van der Waals surface area contributed by atoms with Gasteiger partial charge in [0.25, 0.3) is 5.91 Å². The summed E-state index contributed by atoms with van der Waals surface area (Å²) in [5, 5.41) is -0.323. The van der Waals surface area contributed by atoms with Crippen molar-refractivity contribution >= 4 is 17.5 Å². The van der Waals surface area contributed by atoms with Crippen LogP contribution in [0, 0.1) is 0 Å². The molecule has 0 fully saturated rings. The van der Waals surface area contributed by atoms with Gasteiger partial charge in [-0.3, -0.25) is 9.69 Å². The van der Waals surface area contributed by atoms with E-state index >= 15 is 0 Å². The molecule has 5 heteroatoms. The van der Waals surface area contributed by atoms with Crippen LogP contribution in [0.25, 0.3) is 0 Å². The number of benzene rings is 1. The molecule has 130 valence electrons. The van der Waals surface area contributed by atoms with Crippen LogP contribution in [0.4, 0.5) is 0 Å². The van der Waals surface area contributed by atoms with Crippen molar-refractivity contribution in [3.63, 3.8) is 0 Å². The summed E-state index contributed by atoms with van der Waals surface area (Å²) in [4.78, 5) is 14.8. The van der Waals surface area contributed by atoms with E-state index < -0.39 is 6.23 Å². The van der Waals surface area contributed by atoms with Gasteiger partial charge in [0.1, 0.15) is 5.76 Å². The molecule has 0 N–H and O–H groups in total. The van der Waals surface area contributed by atoms with Crippen LogP contribution < -0.4 is 0 Å². The summed E-state index contributed by atoms with van der Waals surface area (Å²) >= 11 is 6.18. The second-order valence-electron chi connectivity index (χ2n) is 5.89. The van der Waals surface area contributed by atoms with Gasteiger partial charge in [-0.2, -0.15) is 0 Å². The van der Waals surface area contributed by atoms with E-state index in [4.69, 9.17) is 20.8 Å². The molecule has 1 amide bonds. The molecule has 25 heavy (non-hydrogen) atoms. The van der Waals surface area contributed by atoms with Crippen molar-refractivity contribution in [1.82, 2.24) is 4.90 Å². The van der Waals surface area contributed by atoms with Crippen LogP contribution in [-0.4, -0.2) is 16.2 Å². The van der Waals surface area contributed by atoms with E-state index in [-0.39, 0.29) is 11.3 Å². The molecule has 0 aliphatic carbocycles. The Hall–Kier alpha value is -2.46. The first-order valence-electron chi connectivity index (χ1n) is 8.11. The highest BCUT2D eigenvalue weighted by Crippen LogP contribution is 2.35. The van der Waals surface area contributed by atoms with E-state index in [1.807, 2.05) is 36.4 Å². The molecule has 4 nitrogen and oxygen atoms in total. The number of ether oxygens (including phenoxy) is 1. The summed E-state index contributed by atoms with van der Waals surface area (Å²) in [6.45, 7) is 5.89. The topological polar surface area (TPSA) is 42.7 Å². The molecular weight excluding hydrogens is 338 g/mol. The summed E-state index contributed by atoms with van der Waals surface area (Å²) in [5.74, 6) is 1.07. The number of furan rings is 1. The third-order valence-electron chi connectivity index (χ3n) is 4.15. The fourth-order valence-corrected chi connectivity index (χ4v) is 2.97. The van der Waals surface area contributed by atoms with Crippen LogP contribution >= 0.6 is 11.6 Å². The third kappa shape index (κ3) is 3.80. The minimum Gasteiger partial charge on any atom is -0.467 e. The smallest absolute Gasteiger partial charge is 0.256 e. The molecule has 2 unspecified atom stereocenters. The van der Waals surface area contributed by atoms with Crippen molar-refractivity contribution in [2.75, 3.05) is 0 Å². The zero-order valence-electron chi connectivity index (χ0n) is 14.0. The van der Waals surface area contributed by atoms with E-state index in [2.05, 4.69) is 6.58 Å². The van der Waals surface area contributed by atoms with Crippen LogP contribution in [-0.2, 0) is 16.1 Å². The first kappa shape index (κ1) is 17.4. The molecule has 1 aromatic heterocycles. The lowest BCUT2D eigenvalue weighted by molar-refractivity contribution is -0.148. The lowest BCUT2D eigenvalue weighted by Crippen LogP contribution is -2.40. The van der Waals surface area contributed by atoms with E-state index in [9.17, 15) is 4.79 Å². The number of hydrogen-bond acceptors (Lipinski definition) is 3. The van der Waals surface area contributed by atoms with Crippen molar-refractivity contribution in [2.24, 2.45) is 0 Å². The summed E-state index contributed by atoms with van der Waals surface area (Å²) in [6, 6.07) is 13.4. The Morgan fingerprint density at radius 3 is 2.68 bits per heavy atom. The second kappa shape index (κ2) is 7.62. The monoisotopic (exact) mass is 357 g/mol. The molecule has 3 rings (SSSR count). The van der Waals surface area contributed by atoms with Gasteiger partial charge in [0.2, 0.25) is 6.23 Å². The Labute approximate surface area is 152 Å². The molecular formula is C20H20ClNO3. The largest absolute Gasteiger partial charge is 0.467 e. The molecule has 0 radical (unpaired) electrons. The molecule has 0 saturated carbocycles. The van der Waals surface area contributed by atoms with Gasteiger partial charge in [-0.05, 0) is 24.6 Å². The Bertz CT molecular complexity index is 768. The highest BCUT2D eigenvalue weighted by Gasteiger charge is 2.37. The number of alkyl halides is 1. The van der Waals surface area contributed by atoms with E-state index in [0.717, 1.165) is 5.56 Å². The number of allylic oxidation sites excluding steroid dienone is 2. The van der Waals surface area contributed by atoms with Gasteiger partial charge in [0.05, 0.1) is 17.2 Å². The zero-order valence-corrected chi connectivity index (χ0v) is 14.8. The zero-order chi connectivity index (χ0) is 17.8. The number of hydrogen-bond donors (Lipinski definition) is 0. The maximum Gasteiger partial charge on any atom is 0.256 e. The lowest BCUT2D eigenvalue weighted by atomic mass is 10.0. The van der Waals surface area contributed by atoms with Gasteiger partial charge in [-0.25, -0.2) is 0 Å². The van der Waals surface area contributed by atoms with Crippen LogP contribution in [0.1, 0.15) is 30.9 Å². The Balaban J connectivity index is 1.94. The SMILES string of the molecule is C=CC(Cl)CC1=C(C)OC(c2ccco2)N(Cc2ccccc2)C1=O. The number of amides is 1. The summed E-state index contributed by atoms with van der Waals surface area (Å²) < 4.78 is 11.5. The second-order valence-corrected chi connectivity index (χ2v) is 6.46. The van der Waals surface area contributed by atoms with Gasteiger partial charge in [0, 0.05) is 13.0 Å². The van der Waals surface area contributed by atoms with Gasteiger partial charge < -0.3 is 9.15 Å². The fraction of sp³-hybridized carbons (Fsp3) is 0.250. The Morgan fingerprint density at radius 2 is 2.04 bits per heavy atom. The molecule has 0 bridgehead atoms. The highest BCUT2D eigenvalue weighted by atomic mass is 35.5. The van der Waals surface area contributed by atoms with Crippen LogP contribution in [0.15, 0.2) is 77.1 Å². The van der Waals surface area contributed by atoms with Crippen LogP contribution in [0.3, 0.4) is 0 Å². The Morgan fingerprint density at radius 1 is 1.28 bits per heavy atom. The molecule has 1 aliphatic rings. The highest BCUT2D eigenvalue weighted by molar-refractivity contribution is 6.22. The average Bonchev–Trinajstić information content (AvgIpc) is 3.16. The third-order valence-corrected chi connectivity index (χ3v) is 4.49. The normalized spacial score (nSPS) is 18.9. The standard InChI is InChI=1S/C20H20ClNO3/c1-3-16(21)12-17-14(2)25-20(18-10-7-11-24-18)22(19(17)23)13-15-8-5-4-6-9-15/h3-11,16,20H,1,12-13H2,2H3. The lowest BCUT2D eigenvalue weighted by Gasteiger charge is -2.36. The van der Waals surface area contributed by atoms with E-state index in [1.165, 1.54) is 0 Å². The van der Waals surface area contributed by atoms with E-state index in [1.54, 1.807) is 30.2 Å². The maximum absolute atomic E-state index is 13.2. The van der Waals surface area contributed by atoms with Gasteiger partial charge in [0.15, 0.2) is 5.76 Å². The van der Waals surface area contributed by atoms with Gasteiger partial charge >= 0.3 is 0 Å². The molecule has 1 aliphatic heterocycles. The van der Waals surface area contributed by atoms with Crippen molar-refractivity contribution in [3.05, 3.63) is 84.0 Å². The summed E-state index contributed by atoms with van der Waals surface area (Å²) in [5.41, 5.74) is 1.58. The summed E-state index contributed by atoms with van der Waals surface area (Å²) in [7, 11) is 0. The summed E-state index contributed by atoms with van der Waals surface area (Å²) in [6.07, 6.45) is 2.98. The van der Waals surface area contributed by atoms with Crippen LogP contribution in [0.5, 0.6) is 0 Å². The fourth-order valence-electron chi connectivity index (χ4n) is 2.82. The molecule has 0 saturated heterocycles. The molecule has 1 aromatic carbocycles. The minimum atomic E-state index is -0.594. The maximum atomic E-state index is 13.2. The quantitative estimate of drug-likeness (QED) is 0.551. The number of rotatable bonds is 6. The number of carbonyl (C=O) groups excluding carboxylic acids is 1. The molecule has 2 atom stereocenters.